The smallest absolute Gasteiger partial charge is 0.0825 e. The molecule has 0 fully saturated rings. The Morgan fingerprint density at radius 2 is 1.76 bits per heavy atom. The maximum absolute atomic E-state index is 4.31. The summed E-state index contributed by atoms with van der Waals surface area (Å²) < 4.78 is 1.83. The molecule has 2 rings (SSSR count). The van der Waals surface area contributed by atoms with Gasteiger partial charge in [0.1, 0.15) is 0 Å². The van der Waals surface area contributed by atoms with Gasteiger partial charge in [0, 0.05) is 19.8 Å². The van der Waals surface area contributed by atoms with E-state index in [1.807, 2.05) is 24.9 Å². The van der Waals surface area contributed by atoms with Gasteiger partial charge in [-0.3, -0.25) is 4.68 Å². The maximum atomic E-state index is 4.31. The fraction of sp³-hybridized carbons (Fsp3) is 0.357. The van der Waals surface area contributed by atoms with Crippen molar-refractivity contribution in [1.82, 2.24) is 9.78 Å². The molecule has 0 atom stereocenters. The summed E-state index contributed by atoms with van der Waals surface area (Å²) in [7, 11) is 1.94. The minimum Gasteiger partial charge on any atom is -0.378 e. The summed E-state index contributed by atoms with van der Waals surface area (Å²) >= 11 is 0. The van der Waals surface area contributed by atoms with E-state index < -0.39 is 0 Å². The summed E-state index contributed by atoms with van der Waals surface area (Å²) in [6, 6.07) is 6.62. The van der Waals surface area contributed by atoms with Crippen molar-refractivity contribution in [2.45, 2.75) is 27.3 Å². The van der Waals surface area contributed by atoms with Gasteiger partial charge in [-0.05, 0) is 26.3 Å². The molecule has 1 N–H and O–H groups in total. The van der Waals surface area contributed by atoms with Gasteiger partial charge in [-0.1, -0.05) is 29.3 Å². The lowest BCUT2D eigenvalue weighted by Gasteiger charge is -2.07. The molecule has 0 saturated heterocycles. The molecular formula is C14H19N3. The summed E-state index contributed by atoms with van der Waals surface area (Å²) in [4.78, 5) is 0. The number of aromatic nitrogens is 2. The summed E-state index contributed by atoms with van der Waals surface area (Å²) in [6.07, 6.45) is 2.01. The van der Waals surface area contributed by atoms with Crippen molar-refractivity contribution in [2.75, 3.05) is 5.32 Å². The first-order chi connectivity index (χ1) is 8.04. The molecule has 0 aliphatic carbocycles. The highest BCUT2D eigenvalue weighted by Crippen LogP contribution is 2.14. The average molecular weight is 229 g/mol. The normalized spacial score (nSPS) is 10.6. The van der Waals surface area contributed by atoms with E-state index in [0.29, 0.717) is 0 Å². The van der Waals surface area contributed by atoms with E-state index in [1.54, 1.807) is 0 Å². The molecule has 1 aromatic carbocycles. The van der Waals surface area contributed by atoms with Crippen LogP contribution < -0.4 is 5.32 Å². The van der Waals surface area contributed by atoms with Crippen LogP contribution in [0.1, 0.15) is 22.4 Å². The molecule has 0 aliphatic heterocycles. The standard InChI is InChI=1S/C14H19N3/c1-10-5-11(2)7-13(6-10)8-15-14-9-17(4)16-12(14)3/h5-7,9,15H,8H2,1-4H3. The summed E-state index contributed by atoms with van der Waals surface area (Å²) in [5.74, 6) is 0. The van der Waals surface area contributed by atoms with Crippen LogP contribution in [0.25, 0.3) is 0 Å². The van der Waals surface area contributed by atoms with E-state index in [1.165, 1.54) is 16.7 Å². The first-order valence-corrected chi connectivity index (χ1v) is 5.86. The molecule has 17 heavy (non-hydrogen) atoms. The molecule has 0 radical (unpaired) electrons. The zero-order valence-corrected chi connectivity index (χ0v) is 10.9. The third-order valence-corrected chi connectivity index (χ3v) is 2.78. The molecule has 90 valence electrons. The van der Waals surface area contributed by atoms with Gasteiger partial charge < -0.3 is 5.32 Å². The number of benzene rings is 1. The summed E-state index contributed by atoms with van der Waals surface area (Å²) in [5, 5.41) is 7.73. The number of hydrogen-bond acceptors (Lipinski definition) is 2. The number of aryl methyl sites for hydroxylation is 4. The van der Waals surface area contributed by atoms with Gasteiger partial charge in [0.2, 0.25) is 0 Å². The van der Waals surface area contributed by atoms with E-state index >= 15 is 0 Å². The zero-order chi connectivity index (χ0) is 12.4. The van der Waals surface area contributed by atoms with Gasteiger partial charge in [0.25, 0.3) is 0 Å². The average Bonchev–Trinajstić information content (AvgIpc) is 2.53. The Morgan fingerprint density at radius 3 is 2.29 bits per heavy atom. The molecule has 2 aromatic rings. The van der Waals surface area contributed by atoms with Gasteiger partial charge >= 0.3 is 0 Å². The molecule has 0 amide bonds. The fourth-order valence-electron chi connectivity index (χ4n) is 2.14. The molecule has 1 aromatic heterocycles. The van der Waals surface area contributed by atoms with E-state index in [0.717, 1.165) is 17.9 Å². The molecular weight excluding hydrogens is 210 g/mol. The second-order valence-corrected chi connectivity index (χ2v) is 4.65. The van der Waals surface area contributed by atoms with E-state index in [9.17, 15) is 0 Å². The Labute approximate surface area is 102 Å². The Morgan fingerprint density at radius 1 is 1.12 bits per heavy atom. The van der Waals surface area contributed by atoms with Crippen molar-refractivity contribution < 1.29 is 0 Å². The van der Waals surface area contributed by atoms with Gasteiger partial charge in [-0.15, -0.1) is 0 Å². The van der Waals surface area contributed by atoms with Gasteiger partial charge in [-0.2, -0.15) is 5.10 Å². The van der Waals surface area contributed by atoms with Crippen molar-refractivity contribution in [3.63, 3.8) is 0 Å². The maximum Gasteiger partial charge on any atom is 0.0825 e. The monoisotopic (exact) mass is 229 g/mol. The van der Waals surface area contributed by atoms with Gasteiger partial charge in [0.05, 0.1) is 11.4 Å². The lowest BCUT2D eigenvalue weighted by molar-refractivity contribution is 0.756. The van der Waals surface area contributed by atoms with Crippen molar-refractivity contribution in [3.05, 3.63) is 46.8 Å². The Hall–Kier alpha value is -1.77. The molecule has 1 heterocycles. The second-order valence-electron chi connectivity index (χ2n) is 4.65. The van der Waals surface area contributed by atoms with Crippen molar-refractivity contribution in [2.24, 2.45) is 7.05 Å². The molecule has 3 nitrogen and oxygen atoms in total. The highest BCUT2D eigenvalue weighted by Gasteiger charge is 2.02. The SMILES string of the molecule is Cc1cc(C)cc(CNc2cn(C)nc2C)c1. The molecule has 0 unspecified atom stereocenters. The van der Waals surface area contributed by atoms with Crippen LogP contribution in [-0.2, 0) is 13.6 Å². The fourth-order valence-corrected chi connectivity index (χ4v) is 2.14. The second kappa shape index (κ2) is 4.62. The van der Waals surface area contributed by atoms with Crippen molar-refractivity contribution in [3.8, 4) is 0 Å². The number of hydrogen-bond donors (Lipinski definition) is 1. The molecule has 0 bridgehead atoms. The lowest BCUT2D eigenvalue weighted by Crippen LogP contribution is -2.00. The van der Waals surface area contributed by atoms with Gasteiger partial charge in [-0.25, -0.2) is 0 Å². The third-order valence-electron chi connectivity index (χ3n) is 2.78. The number of anilines is 1. The molecule has 0 saturated carbocycles. The predicted octanol–water partition coefficient (Wildman–Crippen LogP) is 2.96. The third kappa shape index (κ3) is 2.87. The highest BCUT2D eigenvalue weighted by molar-refractivity contribution is 5.46. The van der Waals surface area contributed by atoms with E-state index in [-0.39, 0.29) is 0 Å². The molecule has 0 spiro atoms. The zero-order valence-electron chi connectivity index (χ0n) is 10.9. The minimum atomic E-state index is 0.842. The number of nitrogens with one attached hydrogen (secondary N) is 1. The van der Waals surface area contributed by atoms with E-state index in [4.69, 9.17) is 0 Å². The Balaban J connectivity index is 2.09. The first kappa shape index (κ1) is 11.7. The van der Waals surface area contributed by atoms with Crippen LogP contribution in [0.15, 0.2) is 24.4 Å². The van der Waals surface area contributed by atoms with Crippen LogP contribution in [-0.4, -0.2) is 9.78 Å². The largest absolute Gasteiger partial charge is 0.378 e. The van der Waals surface area contributed by atoms with Crippen molar-refractivity contribution >= 4 is 5.69 Å². The van der Waals surface area contributed by atoms with Crippen LogP contribution in [0, 0.1) is 20.8 Å². The van der Waals surface area contributed by atoms with Crippen LogP contribution in [0.4, 0.5) is 5.69 Å². The quantitative estimate of drug-likeness (QED) is 0.877. The van der Waals surface area contributed by atoms with Crippen LogP contribution >= 0.6 is 0 Å². The summed E-state index contributed by atoms with van der Waals surface area (Å²) in [5.41, 5.74) is 6.07. The van der Waals surface area contributed by atoms with Crippen molar-refractivity contribution in [1.29, 1.82) is 0 Å². The Kier molecular flexibility index (Phi) is 3.18. The molecule has 0 aliphatic rings. The van der Waals surface area contributed by atoms with Crippen LogP contribution in [0.3, 0.4) is 0 Å². The van der Waals surface area contributed by atoms with Gasteiger partial charge in [0.15, 0.2) is 0 Å². The first-order valence-electron chi connectivity index (χ1n) is 5.86. The van der Waals surface area contributed by atoms with Crippen LogP contribution in [0.2, 0.25) is 0 Å². The predicted molar refractivity (Wildman–Crippen MR) is 71.2 cm³/mol. The lowest BCUT2D eigenvalue weighted by atomic mass is 10.1. The Bertz CT molecular complexity index is 506. The van der Waals surface area contributed by atoms with E-state index in [2.05, 4.69) is 42.5 Å². The minimum absolute atomic E-state index is 0.842. The summed E-state index contributed by atoms with van der Waals surface area (Å²) in [6.45, 7) is 7.12. The molecule has 3 heteroatoms. The van der Waals surface area contributed by atoms with Crippen LogP contribution in [0.5, 0.6) is 0 Å². The number of nitrogens with zero attached hydrogens (tertiary/aromatic N) is 2. The highest BCUT2D eigenvalue weighted by atomic mass is 15.3. The number of rotatable bonds is 3. The topological polar surface area (TPSA) is 29.9 Å².